The van der Waals surface area contributed by atoms with Crippen LogP contribution in [-0.4, -0.2) is 36.9 Å². The van der Waals surface area contributed by atoms with Gasteiger partial charge in [-0.25, -0.2) is 0 Å². The zero-order valence-electron chi connectivity index (χ0n) is 16.8. The molecule has 0 heterocycles. The van der Waals surface area contributed by atoms with E-state index < -0.39 is 0 Å². The third kappa shape index (κ3) is 5.88. The first-order valence-corrected chi connectivity index (χ1v) is 9.03. The fourth-order valence-electron chi connectivity index (χ4n) is 2.65. The SMILES string of the molecule is C#Cc1cccc(NC(=O)CN(C)C(=O)COc2ccccc2C(C)(C)C)c1. The van der Waals surface area contributed by atoms with E-state index in [0.29, 0.717) is 17.0 Å². The summed E-state index contributed by atoms with van der Waals surface area (Å²) in [6.45, 7) is 6.04. The fourth-order valence-corrected chi connectivity index (χ4v) is 2.65. The summed E-state index contributed by atoms with van der Waals surface area (Å²) in [6.07, 6.45) is 5.36. The van der Waals surface area contributed by atoms with Gasteiger partial charge in [0.15, 0.2) is 6.61 Å². The number of hydrogen-bond acceptors (Lipinski definition) is 3. The van der Waals surface area contributed by atoms with Crippen LogP contribution in [0.2, 0.25) is 0 Å². The Morgan fingerprint density at radius 2 is 1.86 bits per heavy atom. The number of likely N-dealkylation sites (N-methyl/N-ethyl adjacent to an activating group) is 1. The second kappa shape index (κ2) is 9.09. The van der Waals surface area contributed by atoms with Crippen LogP contribution in [0.5, 0.6) is 5.75 Å². The van der Waals surface area contributed by atoms with Gasteiger partial charge in [-0.1, -0.05) is 51.0 Å². The number of anilines is 1. The highest BCUT2D eigenvalue weighted by atomic mass is 16.5. The van der Waals surface area contributed by atoms with Crippen molar-refractivity contribution in [2.24, 2.45) is 0 Å². The molecule has 0 radical (unpaired) electrons. The number of nitrogens with one attached hydrogen (secondary N) is 1. The average Bonchev–Trinajstić information content (AvgIpc) is 2.65. The highest BCUT2D eigenvalue weighted by Gasteiger charge is 2.20. The molecule has 0 aliphatic rings. The predicted molar refractivity (Wildman–Crippen MR) is 111 cm³/mol. The van der Waals surface area contributed by atoms with Crippen LogP contribution in [-0.2, 0) is 15.0 Å². The Bertz CT molecular complexity index is 891. The summed E-state index contributed by atoms with van der Waals surface area (Å²) in [7, 11) is 1.57. The van der Waals surface area contributed by atoms with E-state index in [9.17, 15) is 9.59 Å². The predicted octanol–water partition coefficient (Wildman–Crippen LogP) is 3.44. The molecule has 2 aromatic carbocycles. The molecule has 0 saturated carbocycles. The highest BCUT2D eigenvalue weighted by Crippen LogP contribution is 2.30. The van der Waals surface area contributed by atoms with Crippen LogP contribution >= 0.6 is 0 Å². The summed E-state index contributed by atoms with van der Waals surface area (Å²) in [6, 6.07) is 14.6. The largest absolute Gasteiger partial charge is 0.483 e. The molecule has 0 bridgehead atoms. The first-order chi connectivity index (χ1) is 13.2. The van der Waals surface area contributed by atoms with Gasteiger partial charge in [-0.05, 0) is 35.2 Å². The van der Waals surface area contributed by atoms with Crippen molar-refractivity contribution in [3.63, 3.8) is 0 Å². The molecule has 0 aliphatic carbocycles. The molecular formula is C23H26N2O3. The first-order valence-electron chi connectivity index (χ1n) is 9.03. The van der Waals surface area contributed by atoms with E-state index in [0.717, 1.165) is 5.56 Å². The second-order valence-electron chi connectivity index (χ2n) is 7.56. The van der Waals surface area contributed by atoms with Gasteiger partial charge < -0.3 is 15.0 Å². The van der Waals surface area contributed by atoms with Crippen LogP contribution in [0.15, 0.2) is 48.5 Å². The standard InChI is InChI=1S/C23H26N2O3/c1-6-17-10-9-11-18(14-17)24-21(26)15-25(5)22(27)16-28-20-13-8-7-12-19(20)23(2,3)4/h1,7-14H,15-16H2,2-5H3,(H,24,26). The van der Waals surface area contributed by atoms with E-state index in [1.165, 1.54) is 4.90 Å². The number of carbonyl (C=O) groups is 2. The molecule has 5 heteroatoms. The minimum atomic E-state index is -0.305. The molecule has 2 aromatic rings. The lowest BCUT2D eigenvalue weighted by atomic mass is 9.86. The maximum atomic E-state index is 12.4. The van der Waals surface area contributed by atoms with Gasteiger partial charge in [0, 0.05) is 18.3 Å². The second-order valence-corrected chi connectivity index (χ2v) is 7.56. The number of amides is 2. The molecule has 5 nitrogen and oxygen atoms in total. The van der Waals surface area contributed by atoms with E-state index in [2.05, 4.69) is 32.0 Å². The summed E-state index contributed by atoms with van der Waals surface area (Å²) in [5.74, 6) is 2.60. The van der Waals surface area contributed by atoms with E-state index in [1.807, 2.05) is 24.3 Å². The molecule has 2 rings (SSSR count). The highest BCUT2D eigenvalue weighted by molar-refractivity contribution is 5.94. The average molecular weight is 378 g/mol. The smallest absolute Gasteiger partial charge is 0.260 e. The Morgan fingerprint density at radius 3 is 2.54 bits per heavy atom. The maximum absolute atomic E-state index is 12.4. The molecule has 146 valence electrons. The zero-order valence-corrected chi connectivity index (χ0v) is 16.8. The lowest BCUT2D eigenvalue weighted by molar-refractivity contribution is -0.135. The van der Waals surface area contributed by atoms with Crippen molar-refractivity contribution in [3.8, 4) is 18.1 Å². The monoisotopic (exact) mass is 378 g/mol. The number of carbonyl (C=O) groups excluding carboxylic acids is 2. The number of hydrogen-bond donors (Lipinski definition) is 1. The van der Waals surface area contributed by atoms with Gasteiger partial charge in [0.2, 0.25) is 5.91 Å². The number of rotatable bonds is 6. The molecule has 0 unspecified atom stereocenters. The lowest BCUT2D eigenvalue weighted by Gasteiger charge is -2.23. The zero-order chi connectivity index (χ0) is 20.7. The van der Waals surface area contributed by atoms with Gasteiger partial charge in [-0.2, -0.15) is 0 Å². The third-order valence-electron chi connectivity index (χ3n) is 4.17. The van der Waals surface area contributed by atoms with Gasteiger partial charge in [0.05, 0.1) is 6.54 Å². The van der Waals surface area contributed by atoms with E-state index in [-0.39, 0.29) is 30.4 Å². The Labute approximate surface area is 166 Å². The Hall–Kier alpha value is -3.26. The molecule has 0 spiro atoms. The minimum Gasteiger partial charge on any atom is -0.483 e. The number of benzene rings is 2. The van der Waals surface area contributed by atoms with Crippen molar-refractivity contribution in [1.82, 2.24) is 4.90 Å². The van der Waals surface area contributed by atoms with Crippen LogP contribution in [0.1, 0.15) is 31.9 Å². The van der Waals surface area contributed by atoms with Gasteiger partial charge >= 0.3 is 0 Å². The van der Waals surface area contributed by atoms with Crippen molar-refractivity contribution in [1.29, 1.82) is 0 Å². The van der Waals surface area contributed by atoms with Gasteiger partial charge in [0.1, 0.15) is 5.75 Å². The lowest BCUT2D eigenvalue weighted by Crippen LogP contribution is -2.37. The summed E-state index contributed by atoms with van der Waals surface area (Å²) in [5, 5.41) is 2.74. The normalized spacial score (nSPS) is 10.7. The van der Waals surface area contributed by atoms with Crippen LogP contribution in [0.25, 0.3) is 0 Å². The molecule has 1 N–H and O–H groups in total. The molecule has 0 aliphatic heterocycles. The Morgan fingerprint density at radius 1 is 1.14 bits per heavy atom. The van der Waals surface area contributed by atoms with Crippen molar-refractivity contribution in [2.45, 2.75) is 26.2 Å². The summed E-state index contributed by atoms with van der Waals surface area (Å²) in [5.41, 5.74) is 2.19. The maximum Gasteiger partial charge on any atom is 0.260 e. The number of nitrogens with zero attached hydrogens (tertiary/aromatic N) is 1. The quantitative estimate of drug-likeness (QED) is 0.784. The third-order valence-corrected chi connectivity index (χ3v) is 4.17. The van der Waals surface area contributed by atoms with Crippen LogP contribution < -0.4 is 10.1 Å². The van der Waals surface area contributed by atoms with Crippen molar-refractivity contribution < 1.29 is 14.3 Å². The van der Waals surface area contributed by atoms with Crippen LogP contribution in [0, 0.1) is 12.3 Å². The van der Waals surface area contributed by atoms with Gasteiger partial charge in [-0.15, -0.1) is 6.42 Å². The van der Waals surface area contributed by atoms with E-state index >= 15 is 0 Å². The van der Waals surface area contributed by atoms with Crippen LogP contribution in [0.3, 0.4) is 0 Å². The molecule has 0 atom stereocenters. The summed E-state index contributed by atoms with van der Waals surface area (Å²) >= 11 is 0. The first kappa shape index (κ1) is 21.0. The van der Waals surface area contributed by atoms with E-state index in [4.69, 9.17) is 11.2 Å². The number of terminal acetylenes is 1. The molecule has 0 aromatic heterocycles. The Kier molecular flexibility index (Phi) is 6.84. The number of ether oxygens (including phenoxy) is 1. The van der Waals surface area contributed by atoms with Crippen molar-refractivity contribution in [2.75, 3.05) is 25.5 Å². The fraction of sp³-hybridized carbons (Fsp3) is 0.304. The number of para-hydroxylation sites is 1. The van der Waals surface area contributed by atoms with Crippen LogP contribution in [0.4, 0.5) is 5.69 Å². The van der Waals surface area contributed by atoms with Gasteiger partial charge in [-0.3, -0.25) is 9.59 Å². The summed E-state index contributed by atoms with van der Waals surface area (Å²) < 4.78 is 5.73. The molecular weight excluding hydrogens is 352 g/mol. The van der Waals surface area contributed by atoms with Gasteiger partial charge in [0.25, 0.3) is 5.91 Å². The van der Waals surface area contributed by atoms with Crippen molar-refractivity contribution in [3.05, 3.63) is 59.7 Å². The molecule has 28 heavy (non-hydrogen) atoms. The topological polar surface area (TPSA) is 58.6 Å². The minimum absolute atomic E-state index is 0.0800. The molecule has 2 amide bonds. The van der Waals surface area contributed by atoms with Crippen molar-refractivity contribution >= 4 is 17.5 Å². The van der Waals surface area contributed by atoms with E-state index in [1.54, 1.807) is 31.3 Å². The molecule has 0 fully saturated rings. The molecule has 0 saturated heterocycles. The Balaban J connectivity index is 1.91. The summed E-state index contributed by atoms with van der Waals surface area (Å²) in [4.78, 5) is 25.9.